The largest absolute Gasteiger partial charge is 0.349 e. The third-order valence-electron chi connectivity index (χ3n) is 3.49. The Morgan fingerprint density at radius 3 is 2.57 bits per heavy atom. The first-order chi connectivity index (χ1) is 10.1. The highest BCUT2D eigenvalue weighted by Gasteiger charge is 2.29. The minimum atomic E-state index is -0.163. The van der Waals surface area contributed by atoms with E-state index in [0.717, 1.165) is 12.8 Å². The van der Waals surface area contributed by atoms with Gasteiger partial charge in [-0.05, 0) is 43.0 Å². The van der Waals surface area contributed by atoms with Crippen LogP contribution >= 0.6 is 0 Å². The molecule has 0 radical (unpaired) electrons. The van der Waals surface area contributed by atoms with Crippen LogP contribution in [-0.4, -0.2) is 24.4 Å². The normalized spacial score (nSPS) is 15.1. The van der Waals surface area contributed by atoms with E-state index in [4.69, 9.17) is 5.73 Å². The second kappa shape index (κ2) is 7.04. The molecule has 1 unspecified atom stereocenters. The SMILES string of the molecule is C=CCNC(=O)c1ccc(NC(=O)CC(N)C2CC2)cc1. The molecule has 2 amide bonds. The number of anilines is 1. The Kier molecular flexibility index (Phi) is 5.11. The summed E-state index contributed by atoms with van der Waals surface area (Å²) in [4.78, 5) is 23.5. The van der Waals surface area contributed by atoms with Crippen LogP contribution in [0, 0.1) is 5.92 Å². The summed E-state index contributed by atoms with van der Waals surface area (Å²) in [6.07, 6.45) is 4.22. The molecule has 0 spiro atoms. The van der Waals surface area contributed by atoms with E-state index >= 15 is 0 Å². The molecule has 1 aromatic carbocycles. The topological polar surface area (TPSA) is 84.2 Å². The van der Waals surface area contributed by atoms with E-state index < -0.39 is 0 Å². The molecule has 0 heterocycles. The van der Waals surface area contributed by atoms with Gasteiger partial charge in [-0.25, -0.2) is 0 Å². The number of hydrogen-bond donors (Lipinski definition) is 3. The van der Waals surface area contributed by atoms with Crippen LogP contribution in [0.25, 0.3) is 0 Å². The number of carbonyl (C=O) groups is 2. The quantitative estimate of drug-likeness (QED) is 0.667. The number of carbonyl (C=O) groups excluding carboxylic acids is 2. The number of rotatable bonds is 7. The van der Waals surface area contributed by atoms with Crippen molar-refractivity contribution >= 4 is 17.5 Å². The zero-order valence-corrected chi connectivity index (χ0v) is 12.0. The fraction of sp³-hybridized carbons (Fsp3) is 0.375. The predicted molar refractivity (Wildman–Crippen MR) is 82.9 cm³/mol. The van der Waals surface area contributed by atoms with Crippen molar-refractivity contribution in [3.8, 4) is 0 Å². The van der Waals surface area contributed by atoms with Gasteiger partial charge in [0, 0.05) is 30.3 Å². The van der Waals surface area contributed by atoms with E-state index in [0.29, 0.717) is 30.1 Å². The Hall–Kier alpha value is -2.14. The van der Waals surface area contributed by atoms with Gasteiger partial charge in [0.15, 0.2) is 0 Å². The molecule has 1 fully saturated rings. The molecule has 1 aliphatic rings. The molecule has 1 atom stereocenters. The molecule has 1 aromatic rings. The number of amides is 2. The zero-order valence-electron chi connectivity index (χ0n) is 12.0. The third-order valence-corrected chi connectivity index (χ3v) is 3.49. The summed E-state index contributed by atoms with van der Waals surface area (Å²) < 4.78 is 0. The van der Waals surface area contributed by atoms with Gasteiger partial charge in [0.05, 0.1) is 0 Å². The summed E-state index contributed by atoms with van der Waals surface area (Å²) in [6, 6.07) is 6.73. The fourth-order valence-electron chi connectivity index (χ4n) is 2.09. The predicted octanol–water partition coefficient (Wildman–Crippen LogP) is 1.67. The molecular formula is C16H21N3O2. The second-order valence-corrected chi connectivity index (χ2v) is 5.33. The highest BCUT2D eigenvalue weighted by Crippen LogP contribution is 2.32. The number of nitrogens with two attached hydrogens (primary N) is 1. The molecule has 0 aromatic heterocycles. The van der Waals surface area contributed by atoms with Gasteiger partial charge in [0.25, 0.3) is 5.91 Å². The average molecular weight is 287 g/mol. The lowest BCUT2D eigenvalue weighted by Crippen LogP contribution is -2.28. The van der Waals surface area contributed by atoms with Gasteiger partial charge in [-0.3, -0.25) is 9.59 Å². The lowest BCUT2D eigenvalue weighted by atomic mass is 10.1. The van der Waals surface area contributed by atoms with Crippen LogP contribution in [0.2, 0.25) is 0 Å². The van der Waals surface area contributed by atoms with Gasteiger partial charge in [0.2, 0.25) is 5.91 Å². The minimum absolute atomic E-state index is 0.0473. The first-order valence-electron chi connectivity index (χ1n) is 7.14. The van der Waals surface area contributed by atoms with Crippen molar-refractivity contribution in [1.29, 1.82) is 0 Å². The van der Waals surface area contributed by atoms with Gasteiger partial charge >= 0.3 is 0 Å². The maximum atomic E-state index is 11.8. The molecular weight excluding hydrogens is 266 g/mol. The highest BCUT2D eigenvalue weighted by atomic mass is 16.2. The summed E-state index contributed by atoms with van der Waals surface area (Å²) in [5, 5.41) is 5.49. The fourth-order valence-corrected chi connectivity index (χ4v) is 2.09. The average Bonchev–Trinajstić information content (AvgIpc) is 3.30. The van der Waals surface area contributed by atoms with Gasteiger partial charge in [-0.1, -0.05) is 6.08 Å². The lowest BCUT2D eigenvalue weighted by Gasteiger charge is -2.11. The van der Waals surface area contributed by atoms with Crippen LogP contribution in [0.3, 0.4) is 0 Å². The maximum Gasteiger partial charge on any atom is 0.251 e. The first-order valence-corrected chi connectivity index (χ1v) is 7.14. The van der Waals surface area contributed by atoms with E-state index in [2.05, 4.69) is 17.2 Å². The molecule has 5 nitrogen and oxygen atoms in total. The Morgan fingerprint density at radius 2 is 2.00 bits per heavy atom. The van der Waals surface area contributed by atoms with Crippen LogP contribution in [0.15, 0.2) is 36.9 Å². The summed E-state index contributed by atoms with van der Waals surface area (Å²) >= 11 is 0. The lowest BCUT2D eigenvalue weighted by molar-refractivity contribution is -0.116. The molecule has 1 aliphatic carbocycles. The molecule has 0 bridgehead atoms. The molecule has 0 aliphatic heterocycles. The molecule has 112 valence electrons. The van der Waals surface area contributed by atoms with Crippen molar-refractivity contribution < 1.29 is 9.59 Å². The van der Waals surface area contributed by atoms with Gasteiger partial charge in [-0.2, -0.15) is 0 Å². The smallest absolute Gasteiger partial charge is 0.251 e. The molecule has 1 saturated carbocycles. The van der Waals surface area contributed by atoms with Crippen LogP contribution in [0.4, 0.5) is 5.69 Å². The summed E-state index contributed by atoms with van der Waals surface area (Å²) in [7, 11) is 0. The first kappa shape index (κ1) is 15.3. The number of hydrogen-bond acceptors (Lipinski definition) is 3. The number of benzene rings is 1. The van der Waals surface area contributed by atoms with E-state index in [1.165, 1.54) is 0 Å². The number of nitrogens with one attached hydrogen (secondary N) is 2. The second-order valence-electron chi connectivity index (χ2n) is 5.33. The minimum Gasteiger partial charge on any atom is -0.349 e. The van der Waals surface area contributed by atoms with E-state index in [1.807, 2.05) is 0 Å². The third kappa shape index (κ3) is 4.72. The Labute approximate surface area is 124 Å². The van der Waals surface area contributed by atoms with Gasteiger partial charge < -0.3 is 16.4 Å². The van der Waals surface area contributed by atoms with Crippen molar-refractivity contribution in [3.63, 3.8) is 0 Å². The van der Waals surface area contributed by atoms with Crippen molar-refractivity contribution in [3.05, 3.63) is 42.5 Å². The van der Waals surface area contributed by atoms with Crippen molar-refractivity contribution in [1.82, 2.24) is 5.32 Å². The maximum absolute atomic E-state index is 11.8. The van der Waals surface area contributed by atoms with E-state index in [9.17, 15) is 9.59 Å². The van der Waals surface area contributed by atoms with Gasteiger partial charge in [0.1, 0.15) is 0 Å². The van der Waals surface area contributed by atoms with Crippen molar-refractivity contribution in [2.24, 2.45) is 11.7 Å². The van der Waals surface area contributed by atoms with Crippen LogP contribution in [0.5, 0.6) is 0 Å². The van der Waals surface area contributed by atoms with E-state index in [-0.39, 0.29) is 17.9 Å². The molecule has 0 saturated heterocycles. The van der Waals surface area contributed by atoms with Crippen molar-refractivity contribution in [2.75, 3.05) is 11.9 Å². The molecule has 4 N–H and O–H groups in total. The van der Waals surface area contributed by atoms with E-state index in [1.54, 1.807) is 30.3 Å². The molecule has 21 heavy (non-hydrogen) atoms. The van der Waals surface area contributed by atoms with Gasteiger partial charge in [-0.15, -0.1) is 6.58 Å². The summed E-state index contributed by atoms with van der Waals surface area (Å²) in [5.41, 5.74) is 7.14. The van der Waals surface area contributed by atoms with Crippen LogP contribution < -0.4 is 16.4 Å². The highest BCUT2D eigenvalue weighted by molar-refractivity contribution is 5.95. The Morgan fingerprint density at radius 1 is 1.33 bits per heavy atom. The standard InChI is InChI=1S/C16H21N3O2/c1-2-9-18-16(21)12-5-7-13(8-6-12)19-15(20)10-14(17)11-3-4-11/h2,5-8,11,14H,1,3-4,9-10,17H2,(H,18,21)(H,19,20). The monoisotopic (exact) mass is 287 g/mol. The zero-order chi connectivity index (χ0) is 15.2. The summed E-state index contributed by atoms with van der Waals surface area (Å²) in [5.74, 6) is 0.258. The van der Waals surface area contributed by atoms with Crippen molar-refractivity contribution in [2.45, 2.75) is 25.3 Å². The van der Waals surface area contributed by atoms with Crippen LogP contribution in [0.1, 0.15) is 29.6 Å². The Balaban J connectivity index is 1.85. The molecule has 5 heteroatoms. The molecule has 2 rings (SSSR count). The Bertz CT molecular complexity index is 521. The van der Waals surface area contributed by atoms with Crippen LogP contribution in [-0.2, 0) is 4.79 Å². The summed E-state index contributed by atoms with van der Waals surface area (Å²) in [6.45, 7) is 3.97.